The highest BCUT2D eigenvalue weighted by Crippen LogP contribution is 2.34. The lowest BCUT2D eigenvalue weighted by molar-refractivity contribution is -0.113. The molecule has 0 fully saturated rings. The van der Waals surface area contributed by atoms with E-state index in [-0.39, 0.29) is 17.2 Å². The smallest absolute Gasteiger partial charge is 0.262 e. The maximum atomic E-state index is 13.0. The van der Waals surface area contributed by atoms with Crippen molar-refractivity contribution in [2.24, 2.45) is 7.05 Å². The minimum absolute atomic E-state index is 0.00337. The van der Waals surface area contributed by atoms with Gasteiger partial charge in [-0.15, -0.1) is 11.3 Å². The van der Waals surface area contributed by atoms with Gasteiger partial charge in [0, 0.05) is 23.0 Å². The monoisotopic (exact) mass is 435 g/mol. The molecule has 1 amide bonds. The molecular weight excluding hydrogens is 414 g/mol. The zero-order valence-electron chi connectivity index (χ0n) is 16.6. The first-order valence-corrected chi connectivity index (χ1v) is 11.8. The molecule has 4 aromatic rings. The average molecular weight is 436 g/mol. The molecule has 0 saturated heterocycles. The summed E-state index contributed by atoms with van der Waals surface area (Å²) in [6.07, 6.45) is 4.31. The Morgan fingerprint density at radius 3 is 2.87 bits per heavy atom. The molecule has 5 nitrogen and oxygen atoms in total. The number of rotatable bonds is 4. The van der Waals surface area contributed by atoms with E-state index in [0.717, 1.165) is 45.9 Å². The first-order chi connectivity index (χ1) is 14.6. The molecule has 0 unspecified atom stereocenters. The molecule has 1 N–H and O–H groups in total. The van der Waals surface area contributed by atoms with E-state index in [9.17, 15) is 9.59 Å². The normalized spacial score (nSPS) is 13.5. The van der Waals surface area contributed by atoms with E-state index in [0.29, 0.717) is 5.16 Å². The molecule has 5 rings (SSSR count). The van der Waals surface area contributed by atoms with E-state index in [1.807, 2.05) is 42.5 Å². The van der Waals surface area contributed by atoms with Crippen LogP contribution in [0.1, 0.15) is 23.3 Å². The van der Waals surface area contributed by atoms with Crippen LogP contribution in [0.3, 0.4) is 0 Å². The van der Waals surface area contributed by atoms with Gasteiger partial charge in [0.1, 0.15) is 4.83 Å². The average Bonchev–Trinajstić information content (AvgIpc) is 3.14. The summed E-state index contributed by atoms with van der Waals surface area (Å²) in [5.74, 6) is 0.0799. The fourth-order valence-corrected chi connectivity index (χ4v) is 6.12. The summed E-state index contributed by atoms with van der Waals surface area (Å²) in [6, 6.07) is 13.8. The number of hydrogen-bond donors (Lipinski definition) is 1. The number of nitrogens with one attached hydrogen (secondary N) is 1. The maximum absolute atomic E-state index is 13.0. The second-order valence-corrected chi connectivity index (χ2v) is 9.54. The largest absolute Gasteiger partial charge is 0.325 e. The Morgan fingerprint density at radius 2 is 1.97 bits per heavy atom. The lowest BCUT2D eigenvalue weighted by Crippen LogP contribution is -2.22. The highest BCUT2D eigenvalue weighted by atomic mass is 32.2. The zero-order chi connectivity index (χ0) is 20.7. The fraction of sp³-hybridized carbons (Fsp3) is 0.261. The number of nitrogens with zero attached hydrogens (tertiary/aromatic N) is 2. The SMILES string of the molecule is Cn1c(SCC(=O)Nc2cccc3ccccc23)nc2sc3c(c2c1=O)CCCC3. The number of thiophene rings is 1. The zero-order valence-corrected chi connectivity index (χ0v) is 18.2. The molecule has 2 heterocycles. The number of carbonyl (C=O) groups excluding carboxylic acids is 1. The molecule has 0 bridgehead atoms. The third kappa shape index (κ3) is 3.42. The number of amides is 1. The number of anilines is 1. The summed E-state index contributed by atoms with van der Waals surface area (Å²) in [4.78, 5) is 32.4. The Bertz CT molecular complexity index is 1330. The van der Waals surface area contributed by atoms with Crippen molar-refractivity contribution in [1.29, 1.82) is 0 Å². The van der Waals surface area contributed by atoms with Crippen LogP contribution >= 0.6 is 23.1 Å². The summed E-state index contributed by atoms with van der Waals surface area (Å²) >= 11 is 2.94. The predicted octanol–water partition coefficient (Wildman–Crippen LogP) is 4.76. The molecule has 152 valence electrons. The highest BCUT2D eigenvalue weighted by molar-refractivity contribution is 7.99. The molecule has 7 heteroatoms. The van der Waals surface area contributed by atoms with Gasteiger partial charge in [0.15, 0.2) is 5.16 Å². The molecular formula is C23H21N3O2S2. The Morgan fingerprint density at radius 1 is 1.17 bits per heavy atom. The van der Waals surface area contributed by atoms with E-state index in [2.05, 4.69) is 5.32 Å². The van der Waals surface area contributed by atoms with Gasteiger partial charge >= 0.3 is 0 Å². The summed E-state index contributed by atoms with van der Waals surface area (Å²) in [5.41, 5.74) is 1.98. The second kappa shape index (κ2) is 7.89. The first-order valence-electron chi connectivity index (χ1n) is 10.0. The van der Waals surface area contributed by atoms with Crippen molar-refractivity contribution in [3.63, 3.8) is 0 Å². The molecule has 0 saturated carbocycles. The minimum atomic E-state index is -0.115. The third-order valence-electron chi connectivity index (χ3n) is 5.55. The lowest BCUT2D eigenvalue weighted by Gasteiger charge is -2.11. The van der Waals surface area contributed by atoms with Gasteiger partial charge in [-0.25, -0.2) is 4.98 Å². The van der Waals surface area contributed by atoms with Crippen LogP contribution in [0.5, 0.6) is 0 Å². The first kappa shape index (κ1) is 19.3. The number of hydrogen-bond acceptors (Lipinski definition) is 5. The van der Waals surface area contributed by atoms with Crippen molar-refractivity contribution >= 4 is 55.7 Å². The van der Waals surface area contributed by atoms with E-state index in [1.54, 1.807) is 23.0 Å². The van der Waals surface area contributed by atoms with E-state index in [4.69, 9.17) is 4.98 Å². The summed E-state index contributed by atoms with van der Waals surface area (Å²) in [5, 5.41) is 6.45. The molecule has 0 atom stereocenters. The van der Waals surface area contributed by atoms with Gasteiger partial charge in [-0.1, -0.05) is 48.2 Å². The third-order valence-corrected chi connectivity index (χ3v) is 7.77. The Balaban J connectivity index is 1.37. The van der Waals surface area contributed by atoms with Crippen LogP contribution < -0.4 is 10.9 Å². The van der Waals surface area contributed by atoms with Gasteiger partial charge in [-0.05, 0) is 42.7 Å². The topological polar surface area (TPSA) is 64.0 Å². The molecule has 2 aromatic carbocycles. The fourth-order valence-electron chi connectivity index (χ4n) is 4.05. The van der Waals surface area contributed by atoms with Gasteiger partial charge in [0.2, 0.25) is 5.91 Å². The quantitative estimate of drug-likeness (QED) is 0.371. The van der Waals surface area contributed by atoms with Gasteiger partial charge in [-0.2, -0.15) is 0 Å². The van der Waals surface area contributed by atoms with Gasteiger partial charge in [-0.3, -0.25) is 14.2 Å². The summed E-state index contributed by atoms with van der Waals surface area (Å²) < 4.78 is 1.58. The van der Waals surface area contributed by atoms with Crippen LogP contribution in [-0.2, 0) is 24.7 Å². The van der Waals surface area contributed by atoms with Crippen molar-refractivity contribution < 1.29 is 4.79 Å². The minimum Gasteiger partial charge on any atom is -0.325 e. The van der Waals surface area contributed by atoms with Crippen LogP contribution in [0.25, 0.3) is 21.0 Å². The molecule has 1 aliphatic rings. The number of carbonyl (C=O) groups is 1. The molecule has 0 aliphatic heterocycles. The summed E-state index contributed by atoms with van der Waals surface area (Å²) in [6.45, 7) is 0. The second-order valence-electron chi connectivity index (χ2n) is 7.51. The van der Waals surface area contributed by atoms with Crippen LogP contribution in [0.15, 0.2) is 52.4 Å². The Kier molecular flexibility index (Phi) is 5.08. The number of aryl methyl sites for hydroxylation is 2. The molecule has 1 aliphatic carbocycles. The molecule has 30 heavy (non-hydrogen) atoms. The summed E-state index contributed by atoms with van der Waals surface area (Å²) in [7, 11) is 1.74. The van der Waals surface area contributed by atoms with Crippen LogP contribution in [0, 0.1) is 0 Å². The van der Waals surface area contributed by atoms with Crippen molar-refractivity contribution in [2.45, 2.75) is 30.8 Å². The van der Waals surface area contributed by atoms with Crippen molar-refractivity contribution in [2.75, 3.05) is 11.1 Å². The standard InChI is InChI=1S/C23H21N3O2S2/c1-26-22(28)20-16-10-4-5-12-18(16)30-21(20)25-23(26)29-13-19(27)24-17-11-6-8-14-7-2-3-9-15(14)17/h2-3,6-9,11H,4-5,10,12-13H2,1H3,(H,24,27). The van der Waals surface area contributed by atoms with Crippen LogP contribution in [-0.4, -0.2) is 21.2 Å². The van der Waals surface area contributed by atoms with Gasteiger partial charge in [0.25, 0.3) is 5.56 Å². The van der Waals surface area contributed by atoms with Crippen molar-refractivity contribution in [3.8, 4) is 0 Å². The molecule has 0 radical (unpaired) electrons. The Labute approximate surface area is 182 Å². The Hall–Kier alpha value is -2.64. The van der Waals surface area contributed by atoms with Crippen LogP contribution in [0.4, 0.5) is 5.69 Å². The maximum Gasteiger partial charge on any atom is 0.262 e. The van der Waals surface area contributed by atoms with Gasteiger partial charge < -0.3 is 5.32 Å². The number of aromatic nitrogens is 2. The van der Waals surface area contributed by atoms with E-state index in [1.165, 1.54) is 28.6 Å². The number of benzene rings is 2. The number of fused-ring (bicyclic) bond motifs is 4. The van der Waals surface area contributed by atoms with E-state index < -0.39 is 0 Å². The molecule has 0 spiro atoms. The van der Waals surface area contributed by atoms with Crippen molar-refractivity contribution in [1.82, 2.24) is 9.55 Å². The van der Waals surface area contributed by atoms with E-state index >= 15 is 0 Å². The highest BCUT2D eigenvalue weighted by Gasteiger charge is 2.21. The number of thioether (sulfide) groups is 1. The molecule has 2 aromatic heterocycles. The van der Waals surface area contributed by atoms with Crippen molar-refractivity contribution in [3.05, 3.63) is 63.3 Å². The van der Waals surface area contributed by atoms with Crippen LogP contribution in [0.2, 0.25) is 0 Å². The predicted molar refractivity (Wildman–Crippen MR) is 125 cm³/mol. The lowest BCUT2D eigenvalue weighted by atomic mass is 9.97. The van der Waals surface area contributed by atoms with Gasteiger partial charge in [0.05, 0.1) is 11.1 Å².